The number of nitrogens with one attached hydrogen (secondary N) is 1. The number of nitrogens with zero attached hydrogens (tertiary/aromatic N) is 1. The van der Waals surface area contributed by atoms with Gasteiger partial charge >= 0.3 is 0 Å². The van der Waals surface area contributed by atoms with Gasteiger partial charge in [-0.3, -0.25) is 0 Å². The topological polar surface area (TPSA) is 50.4 Å². The van der Waals surface area contributed by atoms with Crippen molar-refractivity contribution < 1.29 is 0 Å². The van der Waals surface area contributed by atoms with E-state index in [0.29, 0.717) is 12.5 Å². The Bertz CT molecular complexity index is 636. The first-order valence-corrected chi connectivity index (χ1v) is 6.74. The van der Waals surface area contributed by atoms with Crippen LogP contribution in [0.15, 0.2) is 47.5 Å². The molecule has 0 amide bonds. The molecule has 0 saturated carbocycles. The van der Waals surface area contributed by atoms with E-state index in [1.165, 1.54) is 16.7 Å². The number of benzene rings is 2. The van der Waals surface area contributed by atoms with E-state index in [1.807, 2.05) is 12.1 Å². The first kappa shape index (κ1) is 17.5. The van der Waals surface area contributed by atoms with Gasteiger partial charge in [0.15, 0.2) is 5.96 Å². The second-order valence-corrected chi connectivity index (χ2v) is 5.11. The fourth-order valence-corrected chi connectivity index (χ4v) is 1.99. The lowest BCUT2D eigenvalue weighted by Gasteiger charge is -2.08. The number of nitrogens with two attached hydrogens (primary N) is 1. The third-order valence-corrected chi connectivity index (χ3v) is 3.29. The second kappa shape index (κ2) is 8.02. The van der Waals surface area contributed by atoms with Crippen molar-refractivity contribution in [3.05, 3.63) is 64.7 Å². The van der Waals surface area contributed by atoms with Crippen LogP contribution in [0.1, 0.15) is 22.3 Å². The molecule has 2 rings (SSSR count). The van der Waals surface area contributed by atoms with Gasteiger partial charge in [-0.05, 0) is 49.6 Å². The van der Waals surface area contributed by atoms with Gasteiger partial charge in [-0.25, -0.2) is 4.99 Å². The maximum absolute atomic E-state index is 5.92. The smallest absolute Gasteiger partial charge is 0.193 e. The van der Waals surface area contributed by atoms with Crippen LogP contribution in [0.4, 0.5) is 5.69 Å². The van der Waals surface area contributed by atoms with Gasteiger partial charge in [0.05, 0.1) is 6.54 Å². The molecule has 0 aliphatic rings. The highest BCUT2D eigenvalue weighted by Gasteiger charge is 1.98. The molecule has 0 aliphatic carbocycles. The molecule has 0 bridgehead atoms. The number of halogens is 1. The molecule has 2 aromatic rings. The lowest BCUT2D eigenvalue weighted by Crippen LogP contribution is -2.22. The Labute approximate surface area is 143 Å². The first-order valence-electron chi connectivity index (χ1n) is 6.74. The number of aliphatic imine (C=N–C) groups is 1. The van der Waals surface area contributed by atoms with E-state index in [2.05, 4.69) is 61.4 Å². The van der Waals surface area contributed by atoms with Crippen LogP contribution in [0.5, 0.6) is 0 Å². The third-order valence-electron chi connectivity index (χ3n) is 3.29. The Morgan fingerprint density at radius 1 is 1.05 bits per heavy atom. The molecule has 2 aromatic carbocycles. The standard InChI is InChI=1S/C17H21N3.HI/c1-12-5-4-6-15(9-12)11-19-17(18)20-16-8-7-13(2)14(3)10-16;/h4-10H,11H2,1-3H3,(H3,18,19,20);1H. The maximum atomic E-state index is 5.92. The summed E-state index contributed by atoms with van der Waals surface area (Å²) in [6.45, 7) is 6.84. The molecule has 3 nitrogen and oxygen atoms in total. The zero-order valence-corrected chi connectivity index (χ0v) is 15.0. The summed E-state index contributed by atoms with van der Waals surface area (Å²) in [5.41, 5.74) is 11.8. The van der Waals surface area contributed by atoms with Crippen molar-refractivity contribution in [2.75, 3.05) is 5.32 Å². The predicted octanol–water partition coefficient (Wildman–Crippen LogP) is 4.16. The van der Waals surface area contributed by atoms with Crippen LogP contribution in [0.25, 0.3) is 0 Å². The molecule has 0 aliphatic heterocycles. The van der Waals surface area contributed by atoms with Gasteiger partial charge in [-0.2, -0.15) is 0 Å². The number of rotatable bonds is 3. The first-order chi connectivity index (χ1) is 9.54. The SMILES string of the molecule is Cc1cccc(CN=C(N)Nc2ccc(C)c(C)c2)c1.I. The normalized spacial score (nSPS) is 10.9. The highest BCUT2D eigenvalue weighted by Crippen LogP contribution is 2.14. The molecule has 0 radical (unpaired) electrons. The van der Waals surface area contributed by atoms with Crippen molar-refractivity contribution in [3.8, 4) is 0 Å². The van der Waals surface area contributed by atoms with Crippen molar-refractivity contribution >= 4 is 35.6 Å². The molecule has 0 aromatic heterocycles. The maximum Gasteiger partial charge on any atom is 0.193 e. The van der Waals surface area contributed by atoms with Crippen molar-refractivity contribution in [2.45, 2.75) is 27.3 Å². The fraction of sp³-hybridized carbons (Fsp3) is 0.235. The quantitative estimate of drug-likeness (QED) is 0.466. The third kappa shape index (κ3) is 5.38. The van der Waals surface area contributed by atoms with E-state index < -0.39 is 0 Å². The van der Waals surface area contributed by atoms with Gasteiger partial charge in [0.2, 0.25) is 0 Å². The summed E-state index contributed by atoms with van der Waals surface area (Å²) < 4.78 is 0. The van der Waals surface area contributed by atoms with Crippen molar-refractivity contribution in [3.63, 3.8) is 0 Å². The number of aryl methyl sites for hydroxylation is 3. The summed E-state index contributed by atoms with van der Waals surface area (Å²) >= 11 is 0. The molecule has 4 heteroatoms. The predicted molar refractivity (Wildman–Crippen MR) is 101 cm³/mol. The van der Waals surface area contributed by atoms with Gasteiger partial charge in [-0.15, -0.1) is 24.0 Å². The van der Waals surface area contributed by atoms with E-state index in [9.17, 15) is 0 Å². The Morgan fingerprint density at radius 3 is 2.48 bits per heavy atom. The molecule has 0 fully saturated rings. The Balaban J connectivity index is 0.00000220. The average Bonchev–Trinajstić information content (AvgIpc) is 2.41. The monoisotopic (exact) mass is 395 g/mol. The molecule has 21 heavy (non-hydrogen) atoms. The summed E-state index contributed by atoms with van der Waals surface area (Å²) in [4.78, 5) is 4.37. The van der Waals surface area contributed by atoms with Crippen molar-refractivity contribution in [2.24, 2.45) is 10.7 Å². The molecule has 112 valence electrons. The minimum absolute atomic E-state index is 0. The van der Waals surface area contributed by atoms with E-state index in [1.54, 1.807) is 0 Å². The Morgan fingerprint density at radius 2 is 1.81 bits per heavy atom. The molecule has 0 spiro atoms. The minimum Gasteiger partial charge on any atom is -0.370 e. The van der Waals surface area contributed by atoms with Gasteiger partial charge in [-0.1, -0.05) is 35.9 Å². The molecule has 0 atom stereocenters. The van der Waals surface area contributed by atoms with Crippen LogP contribution in [-0.2, 0) is 6.54 Å². The van der Waals surface area contributed by atoms with E-state index in [0.717, 1.165) is 11.3 Å². The van der Waals surface area contributed by atoms with Crippen LogP contribution >= 0.6 is 24.0 Å². The highest BCUT2D eigenvalue weighted by molar-refractivity contribution is 14.0. The van der Waals surface area contributed by atoms with Gasteiger partial charge in [0.1, 0.15) is 0 Å². The largest absolute Gasteiger partial charge is 0.370 e. The van der Waals surface area contributed by atoms with Crippen LogP contribution in [0.3, 0.4) is 0 Å². The lowest BCUT2D eigenvalue weighted by atomic mass is 10.1. The van der Waals surface area contributed by atoms with Crippen molar-refractivity contribution in [1.82, 2.24) is 0 Å². The van der Waals surface area contributed by atoms with E-state index in [4.69, 9.17) is 5.73 Å². The number of guanidine groups is 1. The highest BCUT2D eigenvalue weighted by atomic mass is 127. The zero-order valence-electron chi connectivity index (χ0n) is 12.7. The number of anilines is 1. The summed E-state index contributed by atoms with van der Waals surface area (Å²) in [5.74, 6) is 0.440. The van der Waals surface area contributed by atoms with Crippen LogP contribution in [-0.4, -0.2) is 5.96 Å². The van der Waals surface area contributed by atoms with Gasteiger partial charge in [0.25, 0.3) is 0 Å². The van der Waals surface area contributed by atoms with Gasteiger partial charge < -0.3 is 11.1 Å². The molecule has 0 unspecified atom stereocenters. The second-order valence-electron chi connectivity index (χ2n) is 5.11. The summed E-state index contributed by atoms with van der Waals surface area (Å²) in [6, 6.07) is 14.4. The average molecular weight is 395 g/mol. The lowest BCUT2D eigenvalue weighted by molar-refractivity contribution is 1.05. The summed E-state index contributed by atoms with van der Waals surface area (Å²) in [5, 5.41) is 3.12. The fourth-order valence-electron chi connectivity index (χ4n) is 1.99. The molecule has 3 N–H and O–H groups in total. The minimum atomic E-state index is 0. The van der Waals surface area contributed by atoms with Crippen LogP contribution < -0.4 is 11.1 Å². The molecule has 0 saturated heterocycles. The molecular formula is C17H22IN3. The zero-order chi connectivity index (χ0) is 14.5. The van der Waals surface area contributed by atoms with E-state index >= 15 is 0 Å². The van der Waals surface area contributed by atoms with Crippen molar-refractivity contribution in [1.29, 1.82) is 0 Å². The van der Waals surface area contributed by atoms with Gasteiger partial charge in [0, 0.05) is 5.69 Å². The number of hydrogen-bond donors (Lipinski definition) is 2. The Hall–Kier alpha value is -1.56. The number of hydrogen-bond acceptors (Lipinski definition) is 1. The van der Waals surface area contributed by atoms with Crippen LogP contribution in [0, 0.1) is 20.8 Å². The molecule has 0 heterocycles. The van der Waals surface area contributed by atoms with E-state index in [-0.39, 0.29) is 24.0 Å². The molecular weight excluding hydrogens is 373 g/mol. The Kier molecular flexibility index (Phi) is 6.68. The van der Waals surface area contributed by atoms with Crippen LogP contribution in [0.2, 0.25) is 0 Å². The summed E-state index contributed by atoms with van der Waals surface area (Å²) in [6.07, 6.45) is 0. The summed E-state index contributed by atoms with van der Waals surface area (Å²) in [7, 11) is 0.